The molecule has 3 heterocycles. The zero-order chi connectivity index (χ0) is 24.1. The molecule has 1 saturated heterocycles. The van der Waals surface area contributed by atoms with E-state index in [1.165, 1.54) is 10.9 Å². The number of nitrogen functional groups attached to an aromatic ring is 1. The fraction of sp³-hybridized carbons (Fsp3) is 0.500. The maximum Gasteiger partial charge on any atom is 0.490 e. The molecule has 22 heteroatoms. The second-order valence-corrected chi connectivity index (χ2v) is 12.3. The predicted octanol–water partition coefficient (Wildman–Crippen LogP) is -0.760. The summed E-state index contributed by atoms with van der Waals surface area (Å²) in [5.74, 6) is -0.202. The van der Waals surface area contributed by atoms with Crippen molar-refractivity contribution in [3.63, 3.8) is 0 Å². The van der Waals surface area contributed by atoms with Crippen LogP contribution in [0.15, 0.2) is 11.1 Å². The van der Waals surface area contributed by atoms with Crippen molar-refractivity contribution >= 4 is 63.2 Å². The van der Waals surface area contributed by atoms with Gasteiger partial charge in [0.15, 0.2) is 11.2 Å². The highest BCUT2D eigenvalue weighted by Crippen LogP contribution is 2.66. The number of halogens is 1. The lowest BCUT2D eigenvalue weighted by Crippen LogP contribution is -2.29. The number of nitrogens with one attached hydrogen (secondary N) is 1. The summed E-state index contributed by atoms with van der Waals surface area (Å²) < 4.78 is 51.1. The van der Waals surface area contributed by atoms with Crippen LogP contribution < -0.4 is 11.3 Å². The fourth-order valence-corrected chi connectivity index (χ4v) is 6.85. The van der Waals surface area contributed by atoms with Crippen LogP contribution in [0.25, 0.3) is 11.2 Å². The number of rotatable bonds is 8. The number of imidazole rings is 1. The van der Waals surface area contributed by atoms with E-state index < -0.39 is 51.6 Å². The normalized spacial score (nSPS) is 27.9. The Labute approximate surface area is 190 Å². The zero-order valence-corrected chi connectivity index (χ0v) is 20.1. The van der Waals surface area contributed by atoms with Gasteiger partial charge in [0.2, 0.25) is 9.68 Å². The first kappa shape index (κ1) is 25.8. The Morgan fingerprint density at radius 1 is 1.28 bits per heavy atom. The summed E-state index contributed by atoms with van der Waals surface area (Å²) in [6, 6.07) is 0. The first-order chi connectivity index (χ1) is 14.5. The summed E-state index contributed by atoms with van der Waals surface area (Å²) in [7, 11) is -16.6. The number of anilines is 1. The van der Waals surface area contributed by atoms with Crippen LogP contribution >= 0.6 is 46.1 Å². The van der Waals surface area contributed by atoms with E-state index >= 15 is 0 Å². The van der Waals surface area contributed by atoms with Crippen molar-refractivity contribution in [2.75, 3.05) is 12.3 Å². The first-order valence-electron chi connectivity index (χ1n) is 8.07. The molecule has 0 saturated carbocycles. The van der Waals surface area contributed by atoms with Crippen LogP contribution in [-0.4, -0.2) is 63.0 Å². The van der Waals surface area contributed by atoms with Crippen molar-refractivity contribution in [1.82, 2.24) is 19.5 Å². The predicted molar refractivity (Wildman–Crippen MR) is 110 cm³/mol. The molecule has 0 amide bonds. The topological polar surface area (TPSA) is 279 Å². The smallest absolute Gasteiger partial charge is 0.390 e. The zero-order valence-electron chi connectivity index (χ0n) is 15.3. The second-order valence-electron chi connectivity index (χ2n) is 6.24. The van der Waals surface area contributed by atoms with E-state index in [1.807, 2.05) is 0 Å². The van der Waals surface area contributed by atoms with Crippen LogP contribution in [0.5, 0.6) is 0 Å². The number of alkyl halides is 1. The Morgan fingerprint density at radius 3 is 2.56 bits per heavy atom. The maximum absolute atomic E-state index is 11.9. The molecular weight excluding hydrogens is 618 g/mol. The van der Waals surface area contributed by atoms with E-state index in [0.29, 0.717) is 0 Å². The molecule has 0 spiro atoms. The molecule has 0 bridgehead atoms. The minimum atomic E-state index is -5.69. The molecule has 0 radical (unpaired) electrons. The monoisotopic (exact) mass is 633 g/mol. The number of fused-ring (bicyclic) bond motifs is 1. The summed E-state index contributed by atoms with van der Waals surface area (Å²) in [5.41, 5.74) is 4.89. The highest BCUT2D eigenvalue weighted by atomic mass is 127. The average molecular weight is 633 g/mol. The third kappa shape index (κ3) is 6.01. The summed E-state index contributed by atoms with van der Waals surface area (Å²) in [5, 5.41) is 10.3. The second kappa shape index (κ2) is 8.77. The molecule has 18 nitrogen and oxygen atoms in total. The molecule has 0 aliphatic carbocycles. The van der Waals surface area contributed by atoms with Crippen molar-refractivity contribution < 1.29 is 56.3 Å². The number of nitrogens with zero attached hydrogens (tertiary/aromatic N) is 3. The van der Waals surface area contributed by atoms with Crippen LogP contribution in [0.3, 0.4) is 0 Å². The van der Waals surface area contributed by atoms with Crippen molar-refractivity contribution in [1.29, 1.82) is 0 Å². The molecule has 1 aliphatic rings. The minimum absolute atomic E-state index is 0.0291. The maximum atomic E-state index is 11.9. The van der Waals surface area contributed by atoms with Crippen LogP contribution in [0.2, 0.25) is 0 Å². The van der Waals surface area contributed by atoms with Crippen molar-refractivity contribution in [3.05, 3.63) is 16.7 Å². The molecule has 2 aromatic heterocycles. The van der Waals surface area contributed by atoms with E-state index in [2.05, 4.69) is 28.1 Å². The molecule has 180 valence electrons. The molecule has 32 heavy (non-hydrogen) atoms. The van der Waals surface area contributed by atoms with E-state index in [0.717, 1.165) is 0 Å². The highest BCUT2D eigenvalue weighted by molar-refractivity contribution is 14.1. The lowest BCUT2D eigenvalue weighted by Gasteiger charge is -2.24. The first-order valence-corrected chi connectivity index (χ1v) is 13.7. The van der Waals surface area contributed by atoms with Gasteiger partial charge in [0.1, 0.15) is 12.4 Å². The van der Waals surface area contributed by atoms with Gasteiger partial charge in [-0.3, -0.25) is 18.9 Å². The lowest BCUT2D eigenvalue weighted by molar-refractivity contribution is -0.0514. The Morgan fingerprint density at radius 2 is 1.94 bits per heavy atom. The molecule has 1 aliphatic heterocycles. The number of hydrogen-bond donors (Lipinski definition) is 7. The number of aromatic nitrogens is 4. The van der Waals surface area contributed by atoms with E-state index in [4.69, 9.17) is 25.2 Å². The van der Waals surface area contributed by atoms with Gasteiger partial charge in [-0.25, -0.2) is 18.7 Å². The number of aromatic amines is 1. The third-order valence-corrected chi connectivity index (χ3v) is 8.84. The van der Waals surface area contributed by atoms with Crippen molar-refractivity contribution in [2.45, 2.75) is 22.4 Å². The molecule has 5 atom stereocenters. The number of aliphatic hydroxyl groups is 1. The SMILES string of the molecule is Nc1nc2c(ncn2[C@@]2(I)C[C@H](O)[C@@H](COP(=O)(O)OP(=O)(O)OP(=O)(O)O)O2)c(=O)[nH]1. The lowest BCUT2D eigenvalue weighted by atomic mass is 10.2. The number of phosphoric ester groups is 1. The molecule has 8 N–H and O–H groups in total. The quantitative estimate of drug-likeness (QED) is 0.107. The van der Waals surface area contributed by atoms with Gasteiger partial charge in [-0.2, -0.15) is 13.6 Å². The Balaban J connectivity index is 1.73. The van der Waals surface area contributed by atoms with E-state index in [1.54, 1.807) is 22.6 Å². The number of hydrogen-bond acceptors (Lipinski definition) is 12. The molecule has 3 rings (SSSR count). The van der Waals surface area contributed by atoms with E-state index in [-0.39, 0.29) is 23.5 Å². The van der Waals surface area contributed by atoms with Gasteiger partial charge in [0.05, 0.1) is 12.7 Å². The molecule has 2 unspecified atom stereocenters. The number of nitrogens with two attached hydrogens (primary N) is 1. The van der Waals surface area contributed by atoms with Gasteiger partial charge in [0.25, 0.3) is 5.56 Å². The highest BCUT2D eigenvalue weighted by Gasteiger charge is 2.48. The standard InChI is InChI=1S/C10H15IN5O13P3/c11-10(16-3-13-6-7(16)14-9(12)15-8(6)18)1-4(17)5(27-10)2-26-31(22,23)29-32(24,25)28-30(19,20)21/h3-5,17H,1-2H2,(H,22,23)(H,24,25)(H2,19,20,21)(H3,12,14,15,18)/t4-,5+,10-/m0/s1. The summed E-state index contributed by atoms with van der Waals surface area (Å²) in [6.07, 6.45) is -1.54. The van der Waals surface area contributed by atoms with Crippen molar-refractivity contribution in [2.24, 2.45) is 0 Å². The molecule has 0 aromatic carbocycles. The van der Waals surface area contributed by atoms with Gasteiger partial charge in [0, 0.05) is 6.42 Å². The Kier molecular flexibility index (Phi) is 7.08. The summed E-state index contributed by atoms with van der Waals surface area (Å²) >= 11 is 1.77. The largest absolute Gasteiger partial charge is 0.490 e. The molecular formula is C10H15IN5O13P3. The van der Waals surface area contributed by atoms with Gasteiger partial charge < -0.3 is 35.2 Å². The summed E-state index contributed by atoms with van der Waals surface area (Å²) in [4.78, 5) is 57.8. The van der Waals surface area contributed by atoms with Gasteiger partial charge in [-0.05, 0) is 22.6 Å². The third-order valence-electron chi connectivity index (χ3n) is 3.82. The number of aliphatic hydroxyl groups excluding tert-OH is 1. The average Bonchev–Trinajstić information content (AvgIpc) is 3.11. The number of phosphoric acid groups is 3. The Hall–Kier alpha value is -0.790. The van der Waals surface area contributed by atoms with Crippen molar-refractivity contribution in [3.8, 4) is 0 Å². The van der Waals surface area contributed by atoms with E-state index in [9.17, 15) is 28.5 Å². The number of H-pyrrole nitrogens is 1. The van der Waals surface area contributed by atoms with Gasteiger partial charge in [-0.15, -0.1) is 0 Å². The molecule has 2 aromatic rings. The van der Waals surface area contributed by atoms with Crippen LogP contribution in [0, 0.1) is 0 Å². The van der Waals surface area contributed by atoms with Crippen LogP contribution in [0.1, 0.15) is 6.42 Å². The molecule has 1 fully saturated rings. The minimum Gasteiger partial charge on any atom is -0.390 e. The Bertz CT molecular complexity index is 1230. The summed E-state index contributed by atoms with van der Waals surface area (Å²) in [6.45, 7) is -0.863. The number of ether oxygens (including phenoxy) is 1. The van der Waals surface area contributed by atoms with Gasteiger partial charge >= 0.3 is 23.5 Å². The van der Waals surface area contributed by atoms with Crippen LogP contribution in [-0.2, 0) is 35.3 Å². The van der Waals surface area contributed by atoms with Crippen LogP contribution in [0.4, 0.5) is 5.95 Å². The van der Waals surface area contributed by atoms with Gasteiger partial charge in [-0.1, -0.05) is 0 Å². The fourth-order valence-electron chi connectivity index (χ4n) is 2.69.